The van der Waals surface area contributed by atoms with Crippen LogP contribution in [0.3, 0.4) is 0 Å². The Bertz CT molecular complexity index is 874. The number of esters is 1. The fourth-order valence-electron chi connectivity index (χ4n) is 4.69. The van der Waals surface area contributed by atoms with Gasteiger partial charge in [0.1, 0.15) is 12.1 Å². The van der Waals surface area contributed by atoms with E-state index < -0.39 is 30.7 Å². The van der Waals surface area contributed by atoms with Crippen molar-refractivity contribution in [1.82, 2.24) is 14.8 Å². The monoisotopic (exact) mass is 417 g/mol. The number of nitrogens with one attached hydrogen (secondary N) is 1. The van der Waals surface area contributed by atoms with Gasteiger partial charge in [-0.05, 0) is 45.1 Å². The molecule has 1 N–H and O–H groups in total. The molecule has 1 aliphatic heterocycles. The molecule has 2 fully saturated rings. The number of aromatic nitrogens is 1. The fourth-order valence-corrected chi connectivity index (χ4v) is 4.69. The van der Waals surface area contributed by atoms with Crippen molar-refractivity contribution in [2.45, 2.75) is 71.9 Å². The van der Waals surface area contributed by atoms with Crippen LogP contribution in [-0.4, -0.2) is 51.8 Å². The summed E-state index contributed by atoms with van der Waals surface area (Å²) in [5.74, 6) is -1.42. The van der Waals surface area contributed by atoms with E-state index in [9.17, 15) is 19.2 Å². The number of ether oxygens (including phenoxy) is 1. The van der Waals surface area contributed by atoms with Crippen LogP contribution in [0.25, 0.3) is 0 Å². The zero-order valence-corrected chi connectivity index (χ0v) is 18.2. The van der Waals surface area contributed by atoms with Gasteiger partial charge in [0.15, 0.2) is 6.61 Å². The molecule has 30 heavy (non-hydrogen) atoms. The van der Waals surface area contributed by atoms with E-state index in [-0.39, 0.29) is 17.6 Å². The van der Waals surface area contributed by atoms with Crippen molar-refractivity contribution in [3.63, 3.8) is 0 Å². The van der Waals surface area contributed by atoms with Crippen molar-refractivity contribution in [3.8, 4) is 0 Å². The molecule has 8 heteroatoms. The van der Waals surface area contributed by atoms with Crippen molar-refractivity contribution in [1.29, 1.82) is 0 Å². The highest BCUT2D eigenvalue weighted by atomic mass is 16.5. The molecule has 0 radical (unpaired) electrons. The Hall–Kier alpha value is -2.64. The lowest BCUT2D eigenvalue weighted by Crippen LogP contribution is -2.54. The first-order chi connectivity index (χ1) is 14.2. The molecule has 0 bridgehead atoms. The van der Waals surface area contributed by atoms with Crippen LogP contribution >= 0.6 is 0 Å². The van der Waals surface area contributed by atoms with Crippen LogP contribution in [-0.2, 0) is 20.9 Å². The number of hydrogen-bond donors (Lipinski definition) is 1. The summed E-state index contributed by atoms with van der Waals surface area (Å²) >= 11 is 0. The van der Waals surface area contributed by atoms with Gasteiger partial charge in [-0.1, -0.05) is 26.7 Å². The number of Topliss-reactive ketones (excluding diaryl/α,β-unsaturated/α-hetero) is 1. The van der Waals surface area contributed by atoms with E-state index in [1.54, 1.807) is 6.07 Å². The Morgan fingerprint density at radius 2 is 2.00 bits per heavy atom. The predicted octanol–water partition coefficient (Wildman–Crippen LogP) is 2.74. The maximum absolute atomic E-state index is 12.9. The molecule has 0 aromatic carbocycles. The third-order valence-corrected chi connectivity index (χ3v) is 6.47. The number of ketones is 1. The summed E-state index contributed by atoms with van der Waals surface area (Å²) in [7, 11) is 0. The molecule has 1 spiro atoms. The van der Waals surface area contributed by atoms with Crippen LogP contribution in [0, 0.1) is 19.8 Å². The molecule has 1 aliphatic carbocycles. The minimum atomic E-state index is -0.914. The lowest BCUT2D eigenvalue weighted by Gasteiger charge is -2.36. The molecule has 3 amide bonds. The highest BCUT2D eigenvalue weighted by Crippen LogP contribution is 2.38. The zero-order chi connectivity index (χ0) is 22.1. The summed E-state index contributed by atoms with van der Waals surface area (Å²) in [6, 6.07) is 1.23. The average Bonchev–Trinajstić information content (AvgIpc) is 3.12. The van der Waals surface area contributed by atoms with Crippen molar-refractivity contribution >= 4 is 23.7 Å². The van der Waals surface area contributed by atoms with Crippen molar-refractivity contribution < 1.29 is 23.9 Å². The Balaban J connectivity index is 1.60. The molecular formula is C22H31N3O5. The van der Waals surface area contributed by atoms with Crippen LogP contribution in [0.15, 0.2) is 6.07 Å². The molecule has 2 aliphatic rings. The fraction of sp³-hybridized carbons (Fsp3) is 0.636. The van der Waals surface area contributed by atoms with Gasteiger partial charge in [-0.2, -0.15) is 0 Å². The summed E-state index contributed by atoms with van der Waals surface area (Å²) in [6.45, 7) is 7.74. The minimum Gasteiger partial charge on any atom is -0.456 e. The largest absolute Gasteiger partial charge is 0.456 e. The smallest absolute Gasteiger partial charge is 0.326 e. The van der Waals surface area contributed by atoms with E-state index in [0.29, 0.717) is 12.0 Å². The number of aryl methyl sites for hydroxylation is 1. The van der Waals surface area contributed by atoms with Crippen molar-refractivity contribution in [2.24, 2.45) is 5.92 Å². The molecule has 1 saturated heterocycles. The number of nitrogens with zero attached hydrogens (tertiary/aromatic N) is 2. The number of hydrogen-bond acceptors (Lipinski definition) is 5. The maximum Gasteiger partial charge on any atom is 0.326 e. The van der Waals surface area contributed by atoms with Gasteiger partial charge >= 0.3 is 12.0 Å². The van der Waals surface area contributed by atoms with Gasteiger partial charge in [-0.15, -0.1) is 0 Å². The lowest BCUT2D eigenvalue weighted by molar-refractivity contribution is -0.147. The first-order valence-electron chi connectivity index (χ1n) is 10.7. The highest BCUT2D eigenvalue weighted by molar-refractivity contribution is 6.09. The van der Waals surface area contributed by atoms with E-state index >= 15 is 0 Å². The van der Waals surface area contributed by atoms with Gasteiger partial charge in [-0.3, -0.25) is 19.3 Å². The molecule has 164 valence electrons. The molecule has 1 saturated carbocycles. The van der Waals surface area contributed by atoms with Crippen LogP contribution < -0.4 is 5.32 Å². The van der Waals surface area contributed by atoms with Gasteiger partial charge in [0.25, 0.3) is 5.91 Å². The number of imide groups is 1. The van der Waals surface area contributed by atoms with Crippen LogP contribution in [0.5, 0.6) is 0 Å². The van der Waals surface area contributed by atoms with Crippen LogP contribution in [0.4, 0.5) is 4.79 Å². The van der Waals surface area contributed by atoms with Crippen molar-refractivity contribution in [3.05, 3.63) is 23.0 Å². The second-order valence-corrected chi connectivity index (χ2v) is 8.46. The molecule has 0 unspecified atom stereocenters. The van der Waals surface area contributed by atoms with Crippen molar-refractivity contribution in [2.75, 3.05) is 13.2 Å². The van der Waals surface area contributed by atoms with E-state index in [1.165, 1.54) is 0 Å². The third-order valence-electron chi connectivity index (χ3n) is 6.47. The molecule has 8 nitrogen and oxygen atoms in total. The van der Waals surface area contributed by atoms with E-state index in [0.717, 1.165) is 48.5 Å². The lowest BCUT2D eigenvalue weighted by atomic mass is 9.73. The van der Waals surface area contributed by atoms with Crippen LogP contribution in [0.2, 0.25) is 0 Å². The minimum absolute atomic E-state index is 0.0173. The Labute approximate surface area is 176 Å². The first-order valence-corrected chi connectivity index (χ1v) is 10.7. The summed E-state index contributed by atoms with van der Waals surface area (Å²) in [4.78, 5) is 51.0. The van der Waals surface area contributed by atoms with Gasteiger partial charge in [0, 0.05) is 23.5 Å². The SMILES string of the molecule is CCCn1c(C)cc(C(=O)COC(=O)CN2C(=O)N[C@]3(CCCC[C@@H]3C)C2=O)c1C. The second kappa shape index (κ2) is 8.62. The summed E-state index contributed by atoms with van der Waals surface area (Å²) in [5, 5.41) is 2.80. The van der Waals surface area contributed by atoms with Gasteiger partial charge in [0.2, 0.25) is 5.78 Å². The maximum atomic E-state index is 12.9. The topological polar surface area (TPSA) is 97.7 Å². The first kappa shape index (κ1) is 22.1. The van der Waals surface area contributed by atoms with E-state index in [1.807, 2.05) is 20.8 Å². The standard InChI is InChI=1S/C22H31N3O5/c1-5-10-24-15(3)11-17(16(24)4)18(26)13-30-19(27)12-25-20(28)22(23-21(25)29)9-7-6-8-14(22)2/h11,14H,5-10,12-13H2,1-4H3,(H,23,29)/t14-,22-/m0/s1. The Morgan fingerprint density at radius 3 is 2.67 bits per heavy atom. The molecule has 1 aromatic rings. The highest BCUT2D eigenvalue weighted by Gasteiger charge is 2.55. The normalized spacial score (nSPS) is 23.7. The summed E-state index contributed by atoms with van der Waals surface area (Å²) < 4.78 is 7.17. The molecular weight excluding hydrogens is 386 g/mol. The van der Waals surface area contributed by atoms with Crippen LogP contribution in [0.1, 0.15) is 67.7 Å². The second-order valence-electron chi connectivity index (χ2n) is 8.46. The van der Waals surface area contributed by atoms with Gasteiger partial charge in [0.05, 0.1) is 0 Å². The predicted molar refractivity (Wildman–Crippen MR) is 110 cm³/mol. The van der Waals surface area contributed by atoms with E-state index in [2.05, 4.69) is 16.8 Å². The number of carbonyl (C=O) groups is 4. The quantitative estimate of drug-likeness (QED) is 0.418. The zero-order valence-electron chi connectivity index (χ0n) is 18.2. The molecule has 3 rings (SSSR count). The number of urea groups is 1. The summed E-state index contributed by atoms with van der Waals surface area (Å²) in [5.41, 5.74) is 1.44. The van der Waals surface area contributed by atoms with E-state index in [4.69, 9.17) is 4.74 Å². The third kappa shape index (κ3) is 3.87. The van der Waals surface area contributed by atoms with Gasteiger partial charge in [-0.25, -0.2) is 4.79 Å². The number of amides is 3. The summed E-state index contributed by atoms with van der Waals surface area (Å²) in [6.07, 6.45) is 4.27. The Morgan fingerprint density at radius 1 is 1.27 bits per heavy atom. The average molecular weight is 418 g/mol. The Kier molecular flexibility index (Phi) is 6.33. The van der Waals surface area contributed by atoms with Gasteiger partial charge < -0.3 is 14.6 Å². The molecule has 2 heterocycles. The number of carbonyl (C=O) groups excluding carboxylic acids is 4. The number of rotatable bonds is 7. The molecule has 2 atom stereocenters. The molecule has 1 aromatic heterocycles.